The van der Waals surface area contributed by atoms with Gasteiger partial charge < -0.3 is 0 Å². The van der Waals surface area contributed by atoms with Crippen LogP contribution in [0.3, 0.4) is 0 Å². The van der Waals surface area contributed by atoms with Gasteiger partial charge in [0.15, 0.2) is 0 Å². The monoisotopic (exact) mass is 350 g/mol. The van der Waals surface area contributed by atoms with Crippen LogP contribution in [0.2, 0.25) is 0 Å². The van der Waals surface area contributed by atoms with Gasteiger partial charge in [-0.05, 0) is 0 Å². The van der Waals surface area contributed by atoms with E-state index in [2.05, 4.69) is 49.1 Å². The van der Waals surface area contributed by atoms with E-state index in [0.717, 1.165) is 6.42 Å². The summed E-state index contributed by atoms with van der Waals surface area (Å²) >= 11 is 0.335. The molecule has 1 aromatic rings. The van der Waals surface area contributed by atoms with Gasteiger partial charge in [-0.15, -0.1) is 0 Å². The maximum atomic E-state index is 9.67. The molecule has 2 heteroatoms. The molecule has 0 aliphatic heterocycles. The van der Waals surface area contributed by atoms with Crippen molar-refractivity contribution in [3.63, 3.8) is 0 Å². The van der Waals surface area contributed by atoms with Crippen LogP contribution in [0.4, 0.5) is 0 Å². The summed E-state index contributed by atoms with van der Waals surface area (Å²) in [6.45, 7) is 5.67. The molecule has 1 N–H and O–H groups in total. The molecule has 0 amide bonds. The molecule has 0 aliphatic carbocycles. The first kappa shape index (κ1) is 18.0. The van der Waals surface area contributed by atoms with Crippen molar-refractivity contribution in [3.8, 4) is 11.8 Å². The van der Waals surface area contributed by atoms with Crippen LogP contribution >= 0.6 is 0 Å². The van der Waals surface area contributed by atoms with Crippen molar-refractivity contribution in [1.82, 2.24) is 0 Å². The van der Waals surface area contributed by atoms with Crippen LogP contribution in [0, 0.1) is 11.8 Å². The Bertz CT molecular complexity index is 486. The summed E-state index contributed by atoms with van der Waals surface area (Å²) in [6.07, 6.45) is 8.24. The number of rotatable bonds is 7. The van der Waals surface area contributed by atoms with E-state index in [4.69, 9.17) is 0 Å². The third kappa shape index (κ3) is 9.53. The Morgan fingerprint density at radius 3 is 2.52 bits per heavy atom. The van der Waals surface area contributed by atoms with E-state index in [9.17, 15) is 5.11 Å². The first-order chi connectivity index (χ1) is 10.0. The Kier molecular flexibility index (Phi) is 8.47. The zero-order valence-corrected chi connectivity index (χ0v) is 15.1. The molecular weight excluding hydrogens is 323 g/mol. The number of hydrogen-bond donors (Lipinski definition) is 1. The van der Waals surface area contributed by atoms with Gasteiger partial charge in [-0.25, -0.2) is 0 Å². The molecule has 0 unspecified atom stereocenters. The molecule has 1 rings (SSSR count). The Morgan fingerprint density at radius 1 is 1.19 bits per heavy atom. The molecule has 21 heavy (non-hydrogen) atoms. The SMILES string of the molecule is CCCCCC/C(=C/C#CC(C)(C)O)[Se]c1ccccc1. The Labute approximate surface area is 136 Å². The van der Waals surface area contributed by atoms with E-state index in [0.29, 0.717) is 15.0 Å². The van der Waals surface area contributed by atoms with Gasteiger partial charge in [-0.3, -0.25) is 0 Å². The van der Waals surface area contributed by atoms with Gasteiger partial charge in [0.25, 0.3) is 0 Å². The number of allylic oxidation sites excluding steroid dienone is 2. The van der Waals surface area contributed by atoms with Gasteiger partial charge in [-0.1, -0.05) is 0 Å². The van der Waals surface area contributed by atoms with Crippen LogP contribution in [0.5, 0.6) is 0 Å². The molecule has 0 radical (unpaired) electrons. The molecule has 0 fully saturated rings. The van der Waals surface area contributed by atoms with E-state index in [1.165, 1.54) is 34.6 Å². The number of aliphatic hydroxyl groups is 1. The van der Waals surface area contributed by atoms with Gasteiger partial charge in [0, 0.05) is 0 Å². The Hall–Kier alpha value is -1.00. The quantitative estimate of drug-likeness (QED) is 0.453. The van der Waals surface area contributed by atoms with E-state index in [-0.39, 0.29) is 0 Å². The molecule has 0 bridgehead atoms. The minimum absolute atomic E-state index is 0.335. The molecule has 0 heterocycles. The van der Waals surface area contributed by atoms with Crippen molar-refractivity contribution in [2.45, 2.75) is 58.5 Å². The minimum atomic E-state index is -0.913. The van der Waals surface area contributed by atoms with Crippen molar-refractivity contribution < 1.29 is 5.11 Å². The molecule has 0 atom stereocenters. The number of unbranched alkanes of at least 4 members (excludes halogenated alkanes) is 3. The summed E-state index contributed by atoms with van der Waals surface area (Å²) in [6, 6.07) is 10.6. The van der Waals surface area contributed by atoms with Crippen LogP contribution in [-0.4, -0.2) is 25.7 Å². The van der Waals surface area contributed by atoms with Crippen LogP contribution in [0.25, 0.3) is 0 Å². The maximum absolute atomic E-state index is 9.67. The number of benzene rings is 1. The van der Waals surface area contributed by atoms with Gasteiger partial charge in [0.1, 0.15) is 0 Å². The Morgan fingerprint density at radius 2 is 1.90 bits per heavy atom. The first-order valence-corrected chi connectivity index (χ1v) is 9.39. The van der Waals surface area contributed by atoms with Crippen LogP contribution in [0.1, 0.15) is 52.9 Å². The first-order valence-electron chi connectivity index (χ1n) is 7.68. The predicted molar refractivity (Wildman–Crippen MR) is 92.7 cm³/mol. The predicted octanol–water partition coefficient (Wildman–Crippen LogP) is 3.64. The summed E-state index contributed by atoms with van der Waals surface area (Å²) in [5.74, 6) is 5.92. The van der Waals surface area contributed by atoms with E-state index in [1.807, 2.05) is 6.08 Å². The van der Waals surface area contributed by atoms with Crippen molar-refractivity contribution in [2.75, 3.05) is 0 Å². The fraction of sp³-hybridized carbons (Fsp3) is 0.474. The fourth-order valence-corrected chi connectivity index (χ4v) is 3.83. The van der Waals surface area contributed by atoms with Crippen molar-refractivity contribution in [2.24, 2.45) is 0 Å². The molecule has 1 aromatic carbocycles. The summed E-state index contributed by atoms with van der Waals surface area (Å²) < 4.78 is 2.80. The van der Waals surface area contributed by atoms with Crippen molar-refractivity contribution >= 4 is 19.4 Å². The molecule has 0 saturated heterocycles. The second kappa shape index (κ2) is 9.85. The summed E-state index contributed by atoms with van der Waals surface area (Å²) in [4.78, 5) is 0. The van der Waals surface area contributed by atoms with Crippen molar-refractivity contribution in [3.05, 3.63) is 40.9 Å². The zero-order valence-electron chi connectivity index (χ0n) is 13.4. The molecule has 114 valence electrons. The van der Waals surface area contributed by atoms with Gasteiger partial charge >= 0.3 is 136 Å². The van der Waals surface area contributed by atoms with E-state index in [1.54, 1.807) is 13.8 Å². The third-order valence-electron chi connectivity index (χ3n) is 2.88. The van der Waals surface area contributed by atoms with Crippen molar-refractivity contribution in [1.29, 1.82) is 0 Å². The third-order valence-corrected chi connectivity index (χ3v) is 5.17. The Balaban J connectivity index is 2.69. The standard InChI is InChI=1S/C19H26OSe/c1-4-5-6-8-12-18(15-11-16-19(2,3)20)21-17-13-9-7-10-14-17/h7,9-10,13-15,20H,4-6,8,12H2,1-3H3/b18-15-. The van der Waals surface area contributed by atoms with Crippen LogP contribution in [-0.2, 0) is 0 Å². The molecular formula is C19H26OSe. The fourth-order valence-electron chi connectivity index (χ4n) is 1.81. The second-order valence-electron chi connectivity index (χ2n) is 5.66. The molecule has 0 aromatic heterocycles. The topological polar surface area (TPSA) is 20.2 Å². The normalized spacial score (nSPS) is 11.9. The molecule has 1 nitrogen and oxygen atoms in total. The van der Waals surface area contributed by atoms with Gasteiger partial charge in [0.05, 0.1) is 0 Å². The molecule has 0 aliphatic rings. The summed E-state index contributed by atoms with van der Waals surface area (Å²) in [5.41, 5.74) is -0.913. The van der Waals surface area contributed by atoms with E-state index >= 15 is 0 Å². The van der Waals surface area contributed by atoms with E-state index < -0.39 is 5.60 Å². The average molecular weight is 349 g/mol. The average Bonchev–Trinajstić information content (AvgIpc) is 2.43. The molecule has 0 saturated carbocycles. The summed E-state index contributed by atoms with van der Waals surface area (Å²) in [5, 5.41) is 9.67. The number of hydrogen-bond acceptors (Lipinski definition) is 1. The van der Waals surface area contributed by atoms with Crippen LogP contribution in [0.15, 0.2) is 40.9 Å². The van der Waals surface area contributed by atoms with Gasteiger partial charge in [-0.2, -0.15) is 0 Å². The van der Waals surface area contributed by atoms with Crippen LogP contribution < -0.4 is 4.46 Å². The van der Waals surface area contributed by atoms with Gasteiger partial charge in [0.2, 0.25) is 0 Å². The zero-order chi connectivity index (χ0) is 15.6. The summed E-state index contributed by atoms with van der Waals surface area (Å²) in [7, 11) is 0. The molecule has 0 spiro atoms. The second-order valence-corrected chi connectivity index (χ2v) is 8.18.